The molecule has 1 aliphatic carbocycles. The molecule has 0 aromatic heterocycles. The lowest BCUT2D eigenvalue weighted by atomic mass is 9.84. The van der Waals surface area contributed by atoms with Crippen LogP contribution in [0.2, 0.25) is 0 Å². The fourth-order valence-corrected chi connectivity index (χ4v) is 4.39. The van der Waals surface area contributed by atoms with Crippen molar-refractivity contribution in [2.45, 2.75) is 61.7 Å². The largest absolute Gasteiger partial charge is 0.367 e. The van der Waals surface area contributed by atoms with Crippen LogP contribution < -0.4 is 0 Å². The van der Waals surface area contributed by atoms with Crippen LogP contribution in [0.5, 0.6) is 0 Å². The highest BCUT2D eigenvalue weighted by molar-refractivity contribution is 7.99. The minimum Gasteiger partial charge on any atom is -0.367 e. The topological polar surface area (TPSA) is 9.23 Å². The number of thioether (sulfide) groups is 1. The van der Waals surface area contributed by atoms with Crippen LogP contribution in [-0.4, -0.2) is 12.0 Å². The molecule has 1 aromatic rings. The quantitative estimate of drug-likeness (QED) is 0.749. The Morgan fingerprint density at radius 1 is 1.05 bits per heavy atom. The van der Waals surface area contributed by atoms with Crippen molar-refractivity contribution in [1.82, 2.24) is 0 Å². The van der Waals surface area contributed by atoms with Crippen LogP contribution >= 0.6 is 11.8 Å². The van der Waals surface area contributed by atoms with Gasteiger partial charge in [-0.1, -0.05) is 50.1 Å². The third-order valence-electron chi connectivity index (χ3n) is 4.39. The summed E-state index contributed by atoms with van der Waals surface area (Å²) in [7, 11) is 0. The zero-order valence-corrected chi connectivity index (χ0v) is 12.6. The molecular formula is C17H24OS. The molecule has 1 unspecified atom stereocenters. The maximum atomic E-state index is 5.78. The molecule has 2 atom stereocenters. The Bertz CT molecular complexity index is 394. The molecule has 1 nitrogen and oxygen atoms in total. The molecule has 0 bridgehead atoms. The standard InChI is InChI=1S/C17H24OS/c1-13-11-17(18-12-13)19-16-9-7-15(8-10-16)14-5-3-2-4-6-14/h7-10,13-14,17H,2-6,11-12H2,1H3/t13-,17?/m1/s1. The van der Waals surface area contributed by atoms with Crippen molar-refractivity contribution in [2.75, 3.05) is 6.61 Å². The molecule has 1 aromatic carbocycles. The van der Waals surface area contributed by atoms with E-state index in [0.717, 1.165) is 18.4 Å². The number of ether oxygens (including phenoxy) is 1. The summed E-state index contributed by atoms with van der Waals surface area (Å²) in [6, 6.07) is 9.27. The van der Waals surface area contributed by atoms with Gasteiger partial charge in [0.15, 0.2) is 0 Å². The molecule has 104 valence electrons. The second-order valence-electron chi connectivity index (χ2n) is 6.13. The van der Waals surface area contributed by atoms with Crippen LogP contribution in [0.15, 0.2) is 29.2 Å². The van der Waals surface area contributed by atoms with E-state index in [4.69, 9.17) is 4.74 Å². The van der Waals surface area contributed by atoms with Gasteiger partial charge in [-0.05, 0) is 48.8 Å². The Morgan fingerprint density at radius 2 is 1.79 bits per heavy atom. The van der Waals surface area contributed by atoms with E-state index >= 15 is 0 Å². The van der Waals surface area contributed by atoms with Crippen LogP contribution in [0.25, 0.3) is 0 Å². The summed E-state index contributed by atoms with van der Waals surface area (Å²) in [6.07, 6.45) is 8.21. The second-order valence-corrected chi connectivity index (χ2v) is 7.36. The molecule has 0 radical (unpaired) electrons. The maximum Gasteiger partial charge on any atom is 0.108 e. The smallest absolute Gasteiger partial charge is 0.108 e. The molecule has 1 saturated heterocycles. The zero-order chi connectivity index (χ0) is 13.1. The van der Waals surface area contributed by atoms with Gasteiger partial charge in [0.2, 0.25) is 0 Å². The van der Waals surface area contributed by atoms with Crippen molar-refractivity contribution >= 4 is 11.8 Å². The van der Waals surface area contributed by atoms with E-state index in [9.17, 15) is 0 Å². The molecule has 2 heteroatoms. The first-order valence-electron chi connectivity index (χ1n) is 7.69. The number of benzene rings is 1. The average Bonchev–Trinajstić information content (AvgIpc) is 2.86. The average molecular weight is 276 g/mol. The van der Waals surface area contributed by atoms with Crippen LogP contribution in [0.3, 0.4) is 0 Å². The van der Waals surface area contributed by atoms with Crippen molar-refractivity contribution in [1.29, 1.82) is 0 Å². The minimum atomic E-state index is 0.371. The van der Waals surface area contributed by atoms with Gasteiger partial charge in [-0.2, -0.15) is 0 Å². The maximum absolute atomic E-state index is 5.78. The van der Waals surface area contributed by atoms with Crippen LogP contribution in [0.4, 0.5) is 0 Å². The molecule has 1 aliphatic heterocycles. The van der Waals surface area contributed by atoms with Gasteiger partial charge in [-0.25, -0.2) is 0 Å². The van der Waals surface area contributed by atoms with Crippen molar-refractivity contribution < 1.29 is 4.74 Å². The Balaban J connectivity index is 1.59. The zero-order valence-electron chi connectivity index (χ0n) is 11.8. The Labute approximate surface area is 121 Å². The van der Waals surface area contributed by atoms with Crippen LogP contribution in [0.1, 0.15) is 56.9 Å². The summed E-state index contributed by atoms with van der Waals surface area (Å²) in [4.78, 5) is 1.36. The van der Waals surface area contributed by atoms with Gasteiger partial charge < -0.3 is 4.74 Å². The summed E-state index contributed by atoms with van der Waals surface area (Å²) in [5.74, 6) is 1.54. The van der Waals surface area contributed by atoms with Crippen LogP contribution in [0, 0.1) is 5.92 Å². The van der Waals surface area contributed by atoms with E-state index in [1.807, 2.05) is 11.8 Å². The lowest BCUT2D eigenvalue weighted by Crippen LogP contribution is -2.04. The lowest BCUT2D eigenvalue weighted by Gasteiger charge is -2.22. The SMILES string of the molecule is C[C@H]1COC(Sc2ccc(C3CCCCC3)cc2)C1. The second kappa shape index (κ2) is 6.32. The molecule has 0 N–H and O–H groups in total. The summed E-state index contributed by atoms with van der Waals surface area (Å²) in [6.45, 7) is 3.20. The number of hydrogen-bond acceptors (Lipinski definition) is 2. The molecule has 2 fully saturated rings. The summed E-state index contributed by atoms with van der Waals surface area (Å²) < 4.78 is 5.78. The molecule has 1 heterocycles. The molecule has 0 spiro atoms. The van der Waals surface area contributed by atoms with Gasteiger partial charge in [0, 0.05) is 4.90 Å². The van der Waals surface area contributed by atoms with Gasteiger partial charge in [-0.15, -0.1) is 0 Å². The first-order valence-corrected chi connectivity index (χ1v) is 8.57. The highest BCUT2D eigenvalue weighted by Gasteiger charge is 2.23. The van der Waals surface area contributed by atoms with E-state index in [-0.39, 0.29) is 0 Å². The van der Waals surface area contributed by atoms with Crippen molar-refractivity contribution in [3.63, 3.8) is 0 Å². The van der Waals surface area contributed by atoms with Gasteiger partial charge in [0.25, 0.3) is 0 Å². The van der Waals surface area contributed by atoms with Gasteiger partial charge in [0.1, 0.15) is 5.44 Å². The highest BCUT2D eigenvalue weighted by atomic mass is 32.2. The van der Waals surface area contributed by atoms with Crippen molar-refractivity contribution in [3.05, 3.63) is 29.8 Å². The molecule has 0 amide bonds. The monoisotopic (exact) mass is 276 g/mol. The van der Waals surface area contributed by atoms with Gasteiger partial charge >= 0.3 is 0 Å². The fraction of sp³-hybridized carbons (Fsp3) is 0.647. The summed E-state index contributed by atoms with van der Waals surface area (Å²) in [5.41, 5.74) is 1.92. The molecular weight excluding hydrogens is 252 g/mol. The minimum absolute atomic E-state index is 0.371. The Hall–Kier alpha value is -0.470. The first kappa shape index (κ1) is 13.5. The summed E-state index contributed by atoms with van der Waals surface area (Å²) in [5, 5.41) is 0. The van der Waals surface area contributed by atoms with E-state index in [1.54, 1.807) is 5.56 Å². The van der Waals surface area contributed by atoms with E-state index in [0.29, 0.717) is 5.44 Å². The summed E-state index contributed by atoms with van der Waals surface area (Å²) >= 11 is 1.89. The van der Waals surface area contributed by atoms with Gasteiger partial charge in [-0.3, -0.25) is 0 Å². The molecule has 19 heavy (non-hydrogen) atoms. The normalized spacial score (nSPS) is 28.7. The van der Waals surface area contributed by atoms with Gasteiger partial charge in [0.05, 0.1) is 6.61 Å². The third-order valence-corrected chi connectivity index (χ3v) is 5.52. The van der Waals surface area contributed by atoms with E-state index in [2.05, 4.69) is 31.2 Å². The highest BCUT2D eigenvalue weighted by Crippen LogP contribution is 2.36. The molecule has 3 rings (SSSR count). The number of hydrogen-bond donors (Lipinski definition) is 0. The predicted octanol–water partition coefficient (Wildman–Crippen LogP) is 5.21. The first-order chi connectivity index (χ1) is 9.31. The number of rotatable bonds is 3. The van der Waals surface area contributed by atoms with Crippen LogP contribution in [-0.2, 0) is 4.74 Å². The lowest BCUT2D eigenvalue weighted by molar-refractivity contribution is 0.166. The predicted molar refractivity (Wildman–Crippen MR) is 81.6 cm³/mol. The molecule has 1 saturated carbocycles. The fourth-order valence-electron chi connectivity index (χ4n) is 3.22. The van der Waals surface area contributed by atoms with E-state index in [1.165, 1.54) is 43.4 Å². The van der Waals surface area contributed by atoms with E-state index < -0.39 is 0 Å². The third kappa shape index (κ3) is 3.55. The molecule has 2 aliphatic rings. The Morgan fingerprint density at radius 3 is 2.42 bits per heavy atom. The van der Waals surface area contributed by atoms with Crippen molar-refractivity contribution in [2.24, 2.45) is 5.92 Å². The Kier molecular flexibility index (Phi) is 4.49. The van der Waals surface area contributed by atoms with Crippen molar-refractivity contribution in [3.8, 4) is 0 Å².